The van der Waals surface area contributed by atoms with Gasteiger partial charge in [0.25, 0.3) is 0 Å². The topological polar surface area (TPSA) is 75.6 Å². The lowest BCUT2D eigenvalue weighted by atomic mass is 10.1. The predicted molar refractivity (Wildman–Crippen MR) is 95.2 cm³/mol. The first-order chi connectivity index (χ1) is 12.5. The highest BCUT2D eigenvalue weighted by Crippen LogP contribution is 2.19. The minimum absolute atomic E-state index is 0.0640. The van der Waals surface area contributed by atoms with Crippen LogP contribution >= 0.6 is 0 Å². The molecule has 1 aliphatic rings. The van der Waals surface area contributed by atoms with Gasteiger partial charge in [-0.3, -0.25) is 19.6 Å². The Balaban J connectivity index is 1.68. The number of benzene rings is 1. The fraction of sp³-hybridized carbons (Fsp3) is 0.368. The molecule has 1 saturated heterocycles. The van der Waals surface area contributed by atoms with Crippen LogP contribution in [-0.4, -0.2) is 51.3 Å². The van der Waals surface area contributed by atoms with Gasteiger partial charge in [0.05, 0.1) is 31.2 Å². The van der Waals surface area contributed by atoms with E-state index < -0.39 is 6.04 Å². The van der Waals surface area contributed by atoms with E-state index in [1.165, 1.54) is 0 Å². The molecule has 1 aromatic carbocycles. The van der Waals surface area contributed by atoms with E-state index in [4.69, 9.17) is 4.74 Å². The molecule has 1 fully saturated rings. The number of nitrogens with zero attached hydrogens (tertiary/aromatic N) is 4. The van der Waals surface area contributed by atoms with Gasteiger partial charge in [0.1, 0.15) is 18.3 Å². The van der Waals surface area contributed by atoms with Crippen LogP contribution in [0.3, 0.4) is 0 Å². The molecule has 136 valence electrons. The summed E-state index contributed by atoms with van der Waals surface area (Å²) in [7, 11) is 1.61. The molecule has 2 heterocycles. The van der Waals surface area contributed by atoms with Crippen LogP contribution in [-0.2, 0) is 22.7 Å². The summed E-state index contributed by atoms with van der Waals surface area (Å²) in [6, 6.07) is 6.96. The van der Waals surface area contributed by atoms with Gasteiger partial charge < -0.3 is 14.5 Å². The molecule has 7 nitrogen and oxygen atoms in total. The first kappa shape index (κ1) is 17.8. The summed E-state index contributed by atoms with van der Waals surface area (Å²) in [4.78, 5) is 36.9. The monoisotopic (exact) mass is 354 g/mol. The minimum atomic E-state index is -0.530. The first-order valence-corrected chi connectivity index (χ1v) is 8.46. The van der Waals surface area contributed by atoms with Gasteiger partial charge in [-0.05, 0) is 31.5 Å². The zero-order valence-electron chi connectivity index (χ0n) is 15.2. The molecule has 0 saturated carbocycles. The zero-order valence-corrected chi connectivity index (χ0v) is 15.2. The number of methoxy groups -OCH3 is 1. The fourth-order valence-corrected chi connectivity index (χ4v) is 2.93. The summed E-state index contributed by atoms with van der Waals surface area (Å²) in [6.07, 6.45) is 3.30. The Bertz CT molecular complexity index is 789. The third-order valence-corrected chi connectivity index (χ3v) is 4.48. The third-order valence-electron chi connectivity index (χ3n) is 4.48. The van der Waals surface area contributed by atoms with E-state index in [0.29, 0.717) is 12.2 Å². The molecule has 7 heteroatoms. The average molecular weight is 354 g/mol. The summed E-state index contributed by atoms with van der Waals surface area (Å²) in [6.45, 7) is 4.36. The van der Waals surface area contributed by atoms with E-state index in [-0.39, 0.29) is 24.9 Å². The van der Waals surface area contributed by atoms with Gasteiger partial charge in [-0.15, -0.1) is 0 Å². The molecule has 1 aromatic heterocycles. The highest BCUT2D eigenvalue weighted by Gasteiger charge is 2.36. The van der Waals surface area contributed by atoms with Crippen molar-refractivity contribution in [2.24, 2.45) is 0 Å². The number of aryl methyl sites for hydroxylation is 1. The minimum Gasteiger partial charge on any atom is -0.497 e. The van der Waals surface area contributed by atoms with E-state index in [9.17, 15) is 9.59 Å². The maximum Gasteiger partial charge on any atom is 0.245 e. The molecule has 2 amide bonds. The standard InChI is InChI=1S/C19H22N4O3/c1-13-8-21-16(9-20-13)11-23-14(2)19(25)22(12-18(23)24)10-15-4-6-17(26-3)7-5-15/h4-9,14H,10-12H2,1-3H3/t14-/m0/s1. The van der Waals surface area contributed by atoms with Crippen molar-refractivity contribution in [2.75, 3.05) is 13.7 Å². The van der Waals surface area contributed by atoms with E-state index in [0.717, 1.165) is 17.0 Å². The number of carbonyl (C=O) groups excluding carboxylic acids is 2. The largest absolute Gasteiger partial charge is 0.497 e. The number of amides is 2. The lowest BCUT2D eigenvalue weighted by molar-refractivity contribution is -0.156. The second-order valence-corrected chi connectivity index (χ2v) is 6.39. The molecule has 0 N–H and O–H groups in total. The lowest BCUT2D eigenvalue weighted by Gasteiger charge is -2.38. The Labute approximate surface area is 152 Å². The van der Waals surface area contributed by atoms with Crippen LogP contribution in [0.15, 0.2) is 36.7 Å². The second kappa shape index (κ2) is 7.51. The molecule has 0 unspecified atom stereocenters. The molecule has 1 aliphatic heterocycles. The second-order valence-electron chi connectivity index (χ2n) is 6.39. The van der Waals surface area contributed by atoms with Crippen LogP contribution in [0, 0.1) is 6.92 Å². The van der Waals surface area contributed by atoms with Gasteiger partial charge in [0.2, 0.25) is 11.8 Å². The summed E-state index contributed by atoms with van der Waals surface area (Å²) < 4.78 is 5.14. The summed E-state index contributed by atoms with van der Waals surface area (Å²) in [5.74, 6) is 0.599. The molecule has 3 rings (SSSR count). The Morgan fingerprint density at radius 2 is 1.85 bits per heavy atom. The van der Waals surface area contributed by atoms with Crippen molar-refractivity contribution in [2.45, 2.75) is 33.0 Å². The number of carbonyl (C=O) groups is 2. The molecule has 1 atom stereocenters. The maximum atomic E-state index is 12.7. The lowest BCUT2D eigenvalue weighted by Crippen LogP contribution is -2.58. The highest BCUT2D eigenvalue weighted by molar-refractivity contribution is 5.94. The number of hydrogen-bond acceptors (Lipinski definition) is 5. The SMILES string of the molecule is COc1ccc(CN2CC(=O)N(Cc3cnc(C)cn3)[C@@H](C)C2=O)cc1. The van der Waals surface area contributed by atoms with Crippen molar-refractivity contribution < 1.29 is 14.3 Å². The number of ether oxygens (including phenoxy) is 1. The molecule has 2 aromatic rings. The molecule has 26 heavy (non-hydrogen) atoms. The molecule has 0 bridgehead atoms. The van der Waals surface area contributed by atoms with Gasteiger partial charge in [-0.2, -0.15) is 0 Å². The molecule has 0 aliphatic carbocycles. The van der Waals surface area contributed by atoms with Crippen LogP contribution in [0.2, 0.25) is 0 Å². The summed E-state index contributed by atoms with van der Waals surface area (Å²) >= 11 is 0. The van der Waals surface area contributed by atoms with Crippen molar-refractivity contribution >= 4 is 11.8 Å². The summed E-state index contributed by atoms with van der Waals surface area (Å²) in [5, 5.41) is 0. The number of aromatic nitrogens is 2. The molecular formula is C19H22N4O3. The fourth-order valence-electron chi connectivity index (χ4n) is 2.93. The third kappa shape index (κ3) is 3.82. The number of hydrogen-bond donors (Lipinski definition) is 0. The molecule has 0 radical (unpaired) electrons. The van der Waals surface area contributed by atoms with Crippen LogP contribution in [0.5, 0.6) is 5.75 Å². The Kier molecular flexibility index (Phi) is 5.16. The number of rotatable bonds is 5. The quantitative estimate of drug-likeness (QED) is 0.814. The Morgan fingerprint density at radius 1 is 1.12 bits per heavy atom. The van der Waals surface area contributed by atoms with Gasteiger partial charge >= 0.3 is 0 Å². The van der Waals surface area contributed by atoms with Gasteiger partial charge in [-0.25, -0.2) is 0 Å². The van der Waals surface area contributed by atoms with E-state index in [1.807, 2.05) is 31.2 Å². The van der Waals surface area contributed by atoms with Crippen molar-refractivity contribution in [3.8, 4) is 5.75 Å². The van der Waals surface area contributed by atoms with Crippen molar-refractivity contribution in [1.29, 1.82) is 0 Å². The van der Waals surface area contributed by atoms with Crippen LogP contribution < -0.4 is 4.74 Å². The van der Waals surface area contributed by atoms with Crippen LogP contribution in [0.25, 0.3) is 0 Å². The average Bonchev–Trinajstić information content (AvgIpc) is 2.65. The molecule has 0 spiro atoms. The first-order valence-electron chi connectivity index (χ1n) is 8.46. The maximum absolute atomic E-state index is 12.7. The van der Waals surface area contributed by atoms with Gasteiger partial charge in [0, 0.05) is 12.7 Å². The van der Waals surface area contributed by atoms with Gasteiger partial charge in [0.15, 0.2) is 0 Å². The smallest absolute Gasteiger partial charge is 0.245 e. The Hall–Kier alpha value is -2.96. The van der Waals surface area contributed by atoms with E-state index in [1.54, 1.807) is 36.2 Å². The predicted octanol–water partition coefficient (Wildman–Crippen LogP) is 1.55. The van der Waals surface area contributed by atoms with Gasteiger partial charge in [-0.1, -0.05) is 12.1 Å². The van der Waals surface area contributed by atoms with E-state index >= 15 is 0 Å². The van der Waals surface area contributed by atoms with Crippen molar-refractivity contribution in [1.82, 2.24) is 19.8 Å². The zero-order chi connectivity index (χ0) is 18.7. The van der Waals surface area contributed by atoms with Crippen molar-refractivity contribution in [3.05, 3.63) is 53.6 Å². The normalized spacial score (nSPS) is 17.6. The number of piperazine rings is 1. The van der Waals surface area contributed by atoms with Crippen LogP contribution in [0.1, 0.15) is 23.9 Å². The highest BCUT2D eigenvalue weighted by atomic mass is 16.5. The van der Waals surface area contributed by atoms with Crippen molar-refractivity contribution in [3.63, 3.8) is 0 Å². The molecular weight excluding hydrogens is 332 g/mol. The summed E-state index contributed by atoms with van der Waals surface area (Å²) in [5.41, 5.74) is 2.44. The van der Waals surface area contributed by atoms with Crippen LogP contribution in [0.4, 0.5) is 0 Å². The van der Waals surface area contributed by atoms with E-state index in [2.05, 4.69) is 9.97 Å². The Morgan fingerprint density at radius 3 is 2.46 bits per heavy atom.